The first-order valence-electron chi connectivity index (χ1n) is 14.1. The third kappa shape index (κ3) is 15.7. The van der Waals surface area contributed by atoms with Crippen molar-refractivity contribution in [2.24, 2.45) is 0 Å². The molecule has 0 aromatic rings. The van der Waals surface area contributed by atoms with Crippen LogP contribution in [-0.2, 0) is 14.2 Å². The maximum absolute atomic E-state index is 9.90. The molecule has 1 saturated heterocycles. The lowest BCUT2D eigenvalue weighted by molar-refractivity contribution is -0.288. The van der Waals surface area contributed by atoms with E-state index in [4.69, 9.17) is 14.2 Å². The summed E-state index contributed by atoms with van der Waals surface area (Å²) >= 11 is 0. The van der Waals surface area contributed by atoms with Crippen LogP contribution in [-0.4, -0.2) is 77.6 Å². The molecule has 5 atom stereocenters. The van der Waals surface area contributed by atoms with E-state index in [1.165, 1.54) is 96.3 Å². The molecule has 0 spiro atoms. The van der Waals surface area contributed by atoms with Crippen molar-refractivity contribution in [2.45, 2.75) is 147 Å². The van der Waals surface area contributed by atoms with Gasteiger partial charge in [0.2, 0.25) is 0 Å². The van der Waals surface area contributed by atoms with E-state index >= 15 is 0 Å². The van der Waals surface area contributed by atoms with Crippen LogP contribution in [0.4, 0.5) is 0 Å². The van der Waals surface area contributed by atoms with Crippen LogP contribution in [0.3, 0.4) is 0 Å². The number of unbranched alkanes of at least 4 members (excludes halogenated alkanes) is 16. The Morgan fingerprint density at radius 2 is 1.18 bits per heavy atom. The quantitative estimate of drug-likeness (QED) is 0.156. The molecule has 0 unspecified atom stereocenters. The Balaban J connectivity index is 1.84. The topological polar surface area (TPSA) is 109 Å². The Morgan fingerprint density at radius 1 is 0.706 bits per heavy atom. The van der Waals surface area contributed by atoms with E-state index in [1.807, 2.05) is 0 Å². The maximum Gasteiger partial charge on any atom is 0.186 e. The minimum atomic E-state index is -1.36. The first kappa shape index (κ1) is 31.7. The highest BCUT2D eigenvalue weighted by molar-refractivity contribution is 4.83. The molecule has 1 fully saturated rings. The zero-order valence-electron chi connectivity index (χ0n) is 21.7. The molecule has 0 saturated carbocycles. The number of hydrogen-bond acceptors (Lipinski definition) is 7. The summed E-state index contributed by atoms with van der Waals surface area (Å²) in [6, 6.07) is 0. The molecule has 1 aliphatic rings. The average molecular weight is 491 g/mol. The number of hydrogen-bond donors (Lipinski definition) is 4. The highest BCUT2D eigenvalue weighted by Gasteiger charge is 2.39. The molecule has 0 bridgehead atoms. The Bertz CT molecular complexity index is 437. The summed E-state index contributed by atoms with van der Waals surface area (Å²) in [5.41, 5.74) is 0. The van der Waals surface area contributed by atoms with Gasteiger partial charge in [-0.05, 0) is 6.42 Å². The van der Waals surface area contributed by atoms with E-state index < -0.39 is 30.7 Å². The number of aliphatic hydroxyl groups is 4. The van der Waals surface area contributed by atoms with Crippen molar-refractivity contribution in [3.63, 3.8) is 0 Å². The van der Waals surface area contributed by atoms with Gasteiger partial charge in [-0.15, -0.1) is 0 Å². The standard InChI is InChI=1S/C27H54O7/c1-2-3-4-5-6-7-8-9-10-11-12-13-14-15-16-17-18-19-32-21-23(20-28)34-27-26(31)25(30)24(29)22-33-27/h23-31H,2-22H2,1H3/t23-,24-,25-,26+,27+/m1/s1. The van der Waals surface area contributed by atoms with Crippen LogP contribution in [0.5, 0.6) is 0 Å². The van der Waals surface area contributed by atoms with E-state index in [0.717, 1.165) is 12.8 Å². The van der Waals surface area contributed by atoms with Gasteiger partial charge < -0.3 is 34.6 Å². The van der Waals surface area contributed by atoms with Crippen molar-refractivity contribution in [3.05, 3.63) is 0 Å². The molecular weight excluding hydrogens is 436 g/mol. The molecule has 1 rings (SSSR count). The second kappa shape index (κ2) is 22.0. The lowest BCUT2D eigenvalue weighted by atomic mass is 10.0. The smallest absolute Gasteiger partial charge is 0.186 e. The molecular formula is C27H54O7. The second-order valence-electron chi connectivity index (χ2n) is 9.92. The summed E-state index contributed by atoms with van der Waals surface area (Å²) in [5, 5.41) is 38.5. The number of rotatable bonds is 23. The van der Waals surface area contributed by atoms with Crippen LogP contribution in [0.2, 0.25) is 0 Å². The summed E-state index contributed by atoms with van der Waals surface area (Å²) < 4.78 is 16.3. The third-order valence-electron chi connectivity index (χ3n) is 6.68. The van der Waals surface area contributed by atoms with Gasteiger partial charge in [-0.25, -0.2) is 0 Å². The maximum atomic E-state index is 9.90. The van der Waals surface area contributed by atoms with Gasteiger partial charge in [-0.2, -0.15) is 0 Å². The average Bonchev–Trinajstić information content (AvgIpc) is 2.84. The highest BCUT2D eigenvalue weighted by atomic mass is 16.7. The Morgan fingerprint density at radius 3 is 1.65 bits per heavy atom. The van der Waals surface area contributed by atoms with Crippen LogP contribution in [0.1, 0.15) is 116 Å². The first-order valence-corrected chi connectivity index (χ1v) is 14.1. The molecule has 0 amide bonds. The zero-order chi connectivity index (χ0) is 24.9. The normalized spacial score (nSPS) is 23.9. The van der Waals surface area contributed by atoms with Crippen molar-refractivity contribution in [3.8, 4) is 0 Å². The fraction of sp³-hybridized carbons (Fsp3) is 1.00. The van der Waals surface area contributed by atoms with Crippen LogP contribution >= 0.6 is 0 Å². The summed E-state index contributed by atoms with van der Waals surface area (Å²) in [6.07, 6.45) is 17.2. The third-order valence-corrected chi connectivity index (χ3v) is 6.68. The van der Waals surface area contributed by atoms with Gasteiger partial charge in [0.05, 0.1) is 19.8 Å². The van der Waals surface area contributed by atoms with Crippen molar-refractivity contribution >= 4 is 0 Å². The van der Waals surface area contributed by atoms with Crippen LogP contribution in [0.15, 0.2) is 0 Å². The molecule has 7 heteroatoms. The van der Waals surface area contributed by atoms with Crippen molar-refractivity contribution < 1.29 is 34.6 Å². The largest absolute Gasteiger partial charge is 0.394 e. The molecule has 0 aliphatic carbocycles. The minimum absolute atomic E-state index is 0.124. The van der Waals surface area contributed by atoms with E-state index in [2.05, 4.69) is 6.92 Å². The van der Waals surface area contributed by atoms with Gasteiger partial charge in [-0.1, -0.05) is 110 Å². The van der Waals surface area contributed by atoms with Gasteiger partial charge in [0, 0.05) is 6.61 Å². The number of aliphatic hydroxyl groups excluding tert-OH is 4. The number of ether oxygens (including phenoxy) is 3. The molecule has 34 heavy (non-hydrogen) atoms. The zero-order valence-corrected chi connectivity index (χ0v) is 21.7. The highest BCUT2D eigenvalue weighted by Crippen LogP contribution is 2.18. The fourth-order valence-electron chi connectivity index (χ4n) is 4.37. The lowest BCUT2D eigenvalue weighted by Gasteiger charge is -2.36. The fourth-order valence-corrected chi connectivity index (χ4v) is 4.37. The second-order valence-corrected chi connectivity index (χ2v) is 9.92. The first-order chi connectivity index (χ1) is 16.6. The Labute approximate surface area is 208 Å². The van der Waals surface area contributed by atoms with Gasteiger partial charge in [-0.3, -0.25) is 0 Å². The van der Waals surface area contributed by atoms with Crippen molar-refractivity contribution in [2.75, 3.05) is 26.4 Å². The Hall–Kier alpha value is -0.280. The van der Waals surface area contributed by atoms with Crippen LogP contribution in [0, 0.1) is 0 Å². The van der Waals surface area contributed by atoms with Crippen molar-refractivity contribution in [1.82, 2.24) is 0 Å². The van der Waals surface area contributed by atoms with Crippen molar-refractivity contribution in [1.29, 1.82) is 0 Å². The summed E-state index contributed by atoms with van der Waals surface area (Å²) in [5.74, 6) is 0. The summed E-state index contributed by atoms with van der Waals surface area (Å²) in [6.45, 7) is 2.68. The molecule has 204 valence electrons. The van der Waals surface area contributed by atoms with Gasteiger partial charge in [0.1, 0.15) is 24.4 Å². The van der Waals surface area contributed by atoms with E-state index in [9.17, 15) is 20.4 Å². The van der Waals surface area contributed by atoms with E-state index in [1.54, 1.807) is 0 Å². The minimum Gasteiger partial charge on any atom is -0.394 e. The molecule has 1 heterocycles. The van der Waals surface area contributed by atoms with Gasteiger partial charge >= 0.3 is 0 Å². The lowest BCUT2D eigenvalue weighted by Crippen LogP contribution is -2.55. The molecule has 0 radical (unpaired) electrons. The summed E-state index contributed by atoms with van der Waals surface area (Å²) in [7, 11) is 0. The van der Waals surface area contributed by atoms with Crippen LogP contribution in [0.25, 0.3) is 0 Å². The van der Waals surface area contributed by atoms with Crippen LogP contribution < -0.4 is 0 Å². The Kier molecular flexibility index (Phi) is 20.5. The predicted molar refractivity (Wildman–Crippen MR) is 135 cm³/mol. The predicted octanol–water partition coefficient (Wildman–Crippen LogP) is 4.47. The molecule has 1 aliphatic heterocycles. The molecule has 4 N–H and O–H groups in total. The van der Waals surface area contributed by atoms with E-state index in [0.29, 0.717) is 6.61 Å². The van der Waals surface area contributed by atoms with Gasteiger partial charge in [0.25, 0.3) is 0 Å². The summed E-state index contributed by atoms with van der Waals surface area (Å²) in [4.78, 5) is 0. The van der Waals surface area contributed by atoms with E-state index in [-0.39, 0.29) is 19.8 Å². The molecule has 0 aromatic carbocycles. The monoisotopic (exact) mass is 490 g/mol. The SMILES string of the molecule is CCCCCCCCCCCCCCCCCCCOC[C@@H](CO)O[C@@H]1OC[C@@H](O)[C@@H](O)[C@@H]1O. The molecule has 0 aromatic heterocycles. The van der Waals surface area contributed by atoms with Gasteiger partial charge in [0.15, 0.2) is 6.29 Å². The molecule has 7 nitrogen and oxygen atoms in total.